The lowest BCUT2D eigenvalue weighted by Crippen LogP contribution is -2.11. The van der Waals surface area contributed by atoms with E-state index in [0.717, 1.165) is 6.20 Å². The highest BCUT2D eigenvalue weighted by Crippen LogP contribution is 2.34. The second-order valence-corrected chi connectivity index (χ2v) is 5.11. The van der Waals surface area contributed by atoms with Gasteiger partial charge in [0.05, 0.1) is 18.0 Å². The van der Waals surface area contributed by atoms with E-state index in [4.69, 9.17) is 9.88 Å². The minimum atomic E-state index is -4.11. The number of hydrogen-bond acceptors (Lipinski definition) is 3. The number of primary sulfonamides is 1. The van der Waals surface area contributed by atoms with E-state index in [0.29, 0.717) is 4.57 Å². The minimum absolute atomic E-state index is 0.0494. The third-order valence-electron chi connectivity index (χ3n) is 2.52. The molecule has 1 aromatic carbocycles. The topological polar surface area (TPSA) is 74.3 Å². The number of methoxy groups -OCH3 is 1. The summed E-state index contributed by atoms with van der Waals surface area (Å²) in [5, 5.41) is 5.08. The SMILES string of the molecule is COc1cccc2c1c(S(N)(=O)=O)cn2C(F)F. The highest BCUT2D eigenvalue weighted by Gasteiger charge is 2.23. The van der Waals surface area contributed by atoms with Gasteiger partial charge < -0.3 is 4.74 Å². The van der Waals surface area contributed by atoms with Gasteiger partial charge in [0.15, 0.2) is 0 Å². The Balaban J connectivity index is 2.95. The fourth-order valence-electron chi connectivity index (χ4n) is 1.79. The number of sulfonamides is 1. The molecule has 1 aromatic heterocycles. The Bertz CT molecular complexity index is 694. The molecule has 0 atom stereocenters. The van der Waals surface area contributed by atoms with Gasteiger partial charge in [-0.05, 0) is 12.1 Å². The van der Waals surface area contributed by atoms with Gasteiger partial charge >= 0.3 is 6.55 Å². The van der Waals surface area contributed by atoms with Crippen LogP contribution in [0.4, 0.5) is 8.78 Å². The van der Waals surface area contributed by atoms with Crippen LogP contribution in [0.3, 0.4) is 0 Å². The molecule has 2 rings (SSSR count). The van der Waals surface area contributed by atoms with Gasteiger partial charge in [-0.15, -0.1) is 0 Å². The average Bonchev–Trinajstić information content (AvgIpc) is 2.67. The van der Waals surface area contributed by atoms with Crippen LogP contribution >= 0.6 is 0 Å². The predicted molar refractivity (Wildman–Crippen MR) is 61.1 cm³/mol. The number of nitrogens with zero attached hydrogens (tertiary/aromatic N) is 1. The number of rotatable bonds is 3. The van der Waals surface area contributed by atoms with Gasteiger partial charge in [0, 0.05) is 6.20 Å². The zero-order chi connectivity index (χ0) is 13.5. The monoisotopic (exact) mass is 276 g/mol. The van der Waals surface area contributed by atoms with Crippen molar-refractivity contribution in [3.63, 3.8) is 0 Å². The molecular formula is C10H10F2N2O3S. The fraction of sp³-hybridized carbons (Fsp3) is 0.200. The second-order valence-electron chi connectivity index (χ2n) is 3.58. The summed E-state index contributed by atoms with van der Waals surface area (Å²) in [5.41, 5.74) is 0.0494. The molecule has 1 heterocycles. The molecule has 0 bridgehead atoms. The summed E-state index contributed by atoms with van der Waals surface area (Å²) in [6.07, 6.45) is 0.813. The van der Waals surface area contributed by atoms with Crippen LogP contribution in [0.2, 0.25) is 0 Å². The van der Waals surface area contributed by atoms with Gasteiger partial charge in [-0.3, -0.25) is 4.57 Å². The average molecular weight is 276 g/mol. The predicted octanol–water partition coefficient (Wildman–Crippen LogP) is 1.69. The fourth-order valence-corrected chi connectivity index (χ4v) is 2.54. The van der Waals surface area contributed by atoms with Crippen molar-refractivity contribution in [3.05, 3.63) is 24.4 Å². The first-order valence-corrected chi connectivity index (χ1v) is 6.39. The molecule has 18 heavy (non-hydrogen) atoms. The van der Waals surface area contributed by atoms with E-state index in [1.807, 2.05) is 0 Å². The summed E-state index contributed by atoms with van der Waals surface area (Å²) >= 11 is 0. The Hall–Kier alpha value is -1.67. The molecular weight excluding hydrogens is 266 g/mol. The number of hydrogen-bond donors (Lipinski definition) is 1. The molecule has 0 amide bonds. The van der Waals surface area contributed by atoms with Gasteiger partial charge in [-0.25, -0.2) is 13.6 Å². The summed E-state index contributed by atoms with van der Waals surface area (Å²) in [7, 11) is -2.79. The van der Waals surface area contributed by atoms with Crippen molar-refractivity contribution in [2.75, 3.05) is 7.11 Å². The van der Waals surface area contributed by atoms with Crippen LogP contribution in [0.15, 0.2) is 29.3 Å². The van der Waals surface area contributed by atoms with E-state index in [9.17, 15) is 17.2 Å². The van der Waals surface area contributed by atoms with Crippen molar-refractivity contribution >= 4 is 20.9 Å². The van der Waals surface area contributed by atoms with Gasteiger partial charge in [-0.2, -0.15) is 8.78 Å². The maximum Gasteiger partial charge on any atom is 0.319 e. The summed E-state index contributed by atoms with van der Waals surface area (Å²) in [6.45, 7) is -2.87. The molecule has 2 aromatic rings. The summed E-state index contributed by atoms with van der Waals surface area (Å²) in [6, 6.07) is 4.35. The van der Waals surface area contributed by atoms with E-state index in [1.54, 1.807) is 0 Å². The van der Waals surface area contributed by atoms with Crippen LogP contribution in [0.5, 0.6) is 5.75 Å². The van der Waals surface area contributed by atoms with Crippen LogP contribution in [-0.2, 0) is 10.0 Å². The third-order valence-corrected chi connectivity index (χ3v) is 3.44. The van der Waals surface area contributed by atoms with Crippen molar-refractivity contribution in [2.24, 2.45) is 5.14 Å². The number of aromatic nitrogens is 1. The zero-order valence-corrected chi connectivity index (χ0v) is 10.1. The van der Waals surface area contributed by atoms with E-state index in [-0.39, 0.29) is 21.5 Å². The Morgan fingerprint density at radius 2 is 2.06 bits per heavy atom. The Morgan fingerprint density at radius 3 is 2.56 bits per heavy atom. The minimum Gasteiger partial charge on any atom is -0.496 e. The molecule has 0 fully saturated rings. The first-order chi connectivity index (χ1) is 8.36. The quantitative estimate of drug-likeness (QED) is 0.927. The molecule has 98 valence electrons. The van der Waals surface area contributed by atoms with Crippen LogP contribution in [-0.4, -0.2) is 20.1 Å². The highest BCUT2D eigenvalue weighted by molar-refractivity contribution is 7.89. The molecule has 0 spiro atoms. The first-order valence-electron chi connectivity index (χ1n) is 4.84. The molecule has 0 aliphatic rings. The van der Waals surface area contributed by atoms with Gasteiger partial charge in [0.2, 0.25) is 10.0 Å². The standard InChI is InChI=1S/C10H10F2N2O3S/c1-17-7-4-2-3-6-9(7)8(18(13,15)16)5-14(6)10(11)12/h2-5,10H,1H3,(H2,13,15,16). The second kappa shape index (κ2) is 4.21. The molecule has 2 N–H and O–H groups in total. The van der Waals surface area contributed by atoms with Gasteiger partial charge in [-0.1, -0.05) is 6.07 Å². The van der Waals surface area contributed by atoms with Crippen molar-refractivity contribution in [2.45, 2.75) is 11.4 Å². The number of nitrogens with two attached hydrogens (primary N) is 1. The largest absolute Gasteiger partial charge is 0.496 e. The number of ether oxygens (including phenoxy) is 1. The van der Waals surface area contributed by atoms with Crippen LogP contribution in [0.1, 0.15) is 6.55 Å². The van der Waals surface area contributed by atoms with E-state index in [2.05, 4.69) is 0 Å². The maximum absolute atomic E-state index is 12.8. The molecule has 0 saturated carbocycles. The van der Waals surface area contributed by atoms with Gasteiger partial charge in [0.1, 0.15) is 10.6 Å². The molecule has 0 saturated heterocycles. The Kier molecular flexibility index (Phi) is 2.99. The molecule has 5 nitrogen and oxygen atoms in total. The third kappa shape index (κ3) is 1.93. The van der Waals surface area contributed by atoms with Crippen molar-refractivity contribution in [1.29, 1.82) is 0 Å². The normalized spacial score (nSPS) is 12.3. The molecule has 0 aliphatic carbocycles. The lowest BCUT2D eigenvalue weighted by molar-refractivity contribution is 0.0748. The van der Waals surface area contributed by atoms with Crippen molar-refractivity contribution in [3.8, 4) is 5.75 Å². The zero-order valence-electron chi connectivity index (χ0n) is 9.30. The molecule has 0 aliphatic heterocycles. The lowest BCUT2D eigenvalue weighted by Gasteiger charge is -2.05. The molecule has 0 unspecified atom stereocenters. The summed E-state index contributed by atoms with van der Waals surface area (Å²) in [4.78, 5) is -0.379. The molecule has 0 radical (unpaired) electrons. The van der Waals surface area contributed by atoms with Crippen molar-refractivity contribution in [1.82, 2.24) is 4.57 Å². The summed E-state index contributed by atoms with van der Waals surface area (Å²) < 4.78 is 54.0. The Morgan fingerprint density at radius 1 is 1.39 bits per heavy atom. The number of halogens is 2. The number of alkyl halides is 2. The summed E-state index contributed by atoms with van der Waals surface area (Å²) in [5.74, 6) is 0.177. The maximum atomic E-state index is 12.8. The lowest BCUT2D eigenvalue weighted by atomic mass is 10.2. The van der Waals surface area contributed by atoms with Crippen LogP contribution in [0, 0.1) is 0 Å². The van der Waals surface area contributed by atoms with Crippen LogP contribution < -0.4 is 9.88 Å². The van der Waals surface area contributed by atoms with Crippen LogP contribution in [0.25, 0.3) is 10.9 Å². The smallest absolute Gasteiger partial charge is 0.319 e. The molecule has 8 heteroatoms. The van der Waals surface area contributed by atoms with Gasteiger partial charge in [0.25, 0.3) is 0 Å². The van der Waals surface area contributed by atoms with E-state index in [1.165, 1.54) is 25.3 Å². The Labute approximate surface area is 102 Å². The number of benzene rings is 1. The van der Waals surface area contributed by atoms with E-state index < -0.39 is 16.6 Å². The first kappa shape index (κ1) is 12.8. The van der Waals surface area contributed by atoms with Crippen molar-refractivity contribution < 1.29 is 21.9 Å². The highest BCUT2D eigenvalue weighted by atomic mass is 32.2. The number of fused-ring (bicyclic) bond motifs is 1. The van der Waals surface area contributed by atoms with E-state index >= 15 is 0 Å².